The summed E-state index contributed by atoms with van der Waals surface area (Å²) in [6.07, 6.45) is 2.26. The van der Waals surface area contributed by atoms with Crippen molar-refractivity contribution < 1.29 is 19.4 Å². The molecule has 6 nitrogen and oxygen atoms in total. The maximum absolute atomic E-state index is 11.8. The van der Waals surface area contributed by atoms with Crippen LogP contribution in [0.2, 0.25) is 0 Å². The summed E-state index contributed by atoms with van der Waals surface area (Å²) < 4.78 is 5.12. The lowest BCUT2D eigenvalue weighted by Gasteiger charge is -2.13. The van der Waals surface area contributed by atoms with Crippen molar-refractivity contribution in [2.24, 2.45) is 5.41 Å². The lowest BCUT2D eigenvalue weighted by atomic mass is 10.1. The Bertz CT molecular complexity index is 512. The van der Waals surface area contributed by atoms with Crippen LogP contribution in [0.15, 0.2) is 24.3 Å². The highest BCUT2D eigenvalue weighted by Crippen LogP contribution is 2.44. The summed E-state index contributed by atoms with van der Waals surface area (Å²) in [5, 5.41) is 14.1. The number of aliphatic carboxylic acids is 1. The van der Waals surface area contributed by atoms with Crippen molar-refractivity contribution in [2.75, 3.05) is 18.5 Å². The number of anilines is 1. The molecule has 1 fully saturated rings. The lowest BCUT2D eigenvalue weighted by Crippen LogP contribution is -2.33. The van der Waals surface area contributed by atoms with Gasteiger partial charge in [0, 0.05) is 6.54 Å². The summed E-state index contributed by atoms with van der Waals surface area (Å²) in [6.45, 7) is 2.31. The van der Waals surface area contributed by atoms with Gasteiger partial charge in [-0.05, 0) is 30.4 Å². The molecule has 0 heterocycles. The fourth-order valence-electron chi connectivity index (χ4n) is 1.69. The van der Waals surface area contributed by atoms with Gasteiger partial charge in [0.25, 0.3) is 0 Å². The summed E-state index contributed by atoms with van der Waals surface area (Å²) in [6, 6.07) is 6.41. The van der Waals surface area contributed by atoms with Crippen molar-refractivity contribution in [3.63, 3.8) is 0 Å². The first-order valence-corrected chi connectivity index (χ1v) is 6.47. The van der Waals surface area contributed by atoms with Crippen molar-refractivity contribution >= 4 is 17.7 Å². The zero-order valence-electron chi connectivity index (χ0n) is 11.3. The number of para-hydroxylation sites is 2. The molecule has 1 aromatic rings. The first-order chi connectivity index (χ1) is 9.48. The third kappa shape index (κ3) is 4.15. The SMILES string of the molecule is CC1(CNC(=O)Nc2ccccc2OCC(=O)O)CC1. The molecular weight excluding hydrogens is 260 g/mol. The number of carboxylic acids is 1. The molecule has 0 aliphatic heterocycles. The molecule has 0 unspecified atom stereocenters. The van der Waals surface area contributed by atoms with Gasteiger partial charge in [-0.25, -0.2) is 9.59 Å². The van der Waals surface area contributed by atoms with E-state index in [4.69, 9.17) is 9.84 Å². The predicted molar refractivity (Wildman–Crippen MR) is 73.9 cm³/mol. The molecule has 6 heteroatoms. The Hall–Kier alpha value is -2.24. The molecule has 1 saturated carbocycles. The molecule has 0 bridgehead atoms. The quantitative estimate of drug-likeness (QED) is 0.743. The topological polar surface area (TPSA) is 87.7 Å². The highest BCUT2D eigenvalue weighted by atomic mass is 16.5. The second kappa shape index (κ2) is 5.81. The van der Waals surface area contributed by atoms with E-state index in [0.717, 1.165) is 12.8 Å². The van der Waals surface area contributed by atoms with Crippen LogP contribution in [0.1, 0.15) is 19.8 Å². The molecular formula is C14H18N2O4. The van der Waals surface area contributed by atoms with Gasteiger partial charge in [-0.2, -0.15) is 0 Å². The molecule has 20 heavy (non-hydrogen) atoms. The maximum atomic E-state index is 11.8. The van der Waals surface area contributed by atoms with E-state index < -0.39 is 12.6 Å². The van der Waals surface area contributed by atoms with Gasteiger partial charge in [0.1, 0.15) is 5.75 Å². The fraction of sp³-hybridized carbons (Fsp3) is 0.429. The average Bonchev–Trinajstić information content (AvgIpc) is 3.14. The van der Waals surface area contributed by atoms with Gasteiger partial charge in [-0.3, -0.25) is 0 Å². The summed E-state index contributed by atoms with van der Waals surface area (Å²) >= 11 is 0. The van der Waals surface area contributed by atoms with Crippen LogP contribution in [0.25, 0.3) is 0 Å². The Morgan fingerprint density at radius 3 is 2.70 bits per heavy atom. The first-order valence-electron chi connectivity index (χ1n) is 6.47. The lowest BCUT2D eigenvalue weighted by molar-refractivity contribution is -0.139. The number of rotatable bonds is 6. The molecule has 2 amide bonds. The van der Waals surface area contributed by atoms with Gasteiger partial charge in [-0.1, -0.05) is 19.1 Å². The van der Waals surface area contributed by atoms with Crippen molar-refractivity contribution in [3.8, 4) is 5.75 Å². The number of nitrogens with one attached hydrogen (secondary N) is 2. The van der Waals surface area contributed by atoms with E-state index in [1.54, 1.807) is 24.3 Å². The third-order valence-corrected chi connectivity index (χ3v) is 3.27. The van der Waals surface area contributed by atoms with Crippen LogP contribution < -0.4 is 15.4 Å². The molecule has 0 saturated heterocycles. The first kappa shape index (κ1) is 14.2. The van der Waals surface area contributed by atoms with Crippen LogP contribution in [-0.4, -0.2) is 30.3 Å². The molecule has 3 N–H and O–H groups in total. The van der Waals surface area contributed by atoms with Crippen molar-refractivity contribution in [1.82, 2.24) is 5.32 Å². The van der Waals surface area contributed by atoms with E-state index in [1.165, 1.54) is 0 Å². The van der Waals surface area contributed by atoms with E-state index in [1.807, 2.05) is 0 Å². The number of urea groups is 1. The standard InChI is InChI=1S/C14H18N2O4/c1-14(6-7-14)9-15-13(19)16-10-4-2-3-5-11(10)20-8-12(17)18/h2-5H,6-9H2,1H3,(H,17,18)(H2,15,16,19). The van der Waals surface area contributed by atoms with E-state index in [9.17, 15) is 9.59 Å². The number of carboxylic acid groups (broad SMARTS) is 1. The second-order valence-electron chi connectivity index (χ2n) is 5.30. The van der Waals surface area contributed by atoms with Crippen molar-refractivity contribution in [3.05, 3.63) is 24.3 Å². The van der Waals surface area contributed by atoms with Crippen molar-refractivity contribution in [1.29, 1.82) is 0 Å². The van der Waals surface area contributed by atoms with Gasteiger partial charge in [-0.15, -0.1) is 0 Å². The van der Waals surface area contributed by atoms with Gasteiger partial charge in [0.15, 0.2) is 6.61 Å². The molecule has 108 valence electrons. The summed E-state index contributed by atoms with van der Waals surface area (Å²) in [4.78, 5) is 22.3. The minimum atomic E-state index is -1.06. The molecule has 0 atom stereocenters. The Balaban J connectivity index is 1.90. The van der Waals surface area contributed by atoms with Crippen LogP contribution in [0.5, 0.6) is 5.75 Å². The fourth-order valence-corrected chi connectivity index (χ4v) is 1.69. The average molecular weight is 278 g/mol. The van der Waals surface area contributed by atoms with Gasteiger partial charge < -0.3 is 20.5 Å². The Morgan fingerprint density at radius 1 is 1.35 bits per heavy atom. The molecule has 0 radical (unpaired) electrons. The largest absolute Gasteiger partial charge is 0.480 e. The number of carbonyl (C=O) groups excluding carboxylic acids is 1. The van der Waals surface area contributed by atoms with Crippen molar-refractivity contribution in [2.45, 2.75) is 19.8 Å². The highest BCUT2D eigenvalue weighted by Gasteiger charge is 2.37. The summed E-state index contributed by atoms with van der Waals surface area (Å²) in [7, 11) is 0. The smallest absolute Gasteiger partial charge is 0.341 e. The summed E-state index contributed by atoms with van der Waals surface area (Å²) in [5.74, 6) is -0.728. The molecule has 1 aliphatic rings. The van der Waals surface area contributed by atoms with Crippen LogP contribution >= 0.6 is 0 Å². The number of carbonyl (C=O) groups is 2. The van der Waals surface area contributed by atoms with Crippen LogP contribution in [0.4, 0.5) is 10.5 Å². The Morgan fingerprint density at radius 2 is 2.05 bits per heavy atom. The second-order valence-corrected chi connectivity index (χ2v) is 5.30. The van der Waals surface area contributed by atoms with Gasteiger partial charge >= 0.3 is 12.0 Å². The van der Waals surface area contributed by atoms with Crippen LogP contribution in [-0.2, 0) is 4.79 Å². The minimum absolute atomic E-state index is 0.233. The number of amides is 2. The monoisotopic (exact) mass is 278 g/mol. The molecule has 2 rings (SSSR count). The molecule has 0 aromatic heterocycles. The van der Waals surface area contributed by atoms with Gasteiger partial charge in [0.2, 0.25) is 0 Å². The minimum Gasteiger partial charge on any atom is -0.480 e. The number of hydrogen-bond acceptors (Lipinski definition) is 3. The van der Waals surface area contributed by atoms with E-state index in [0.29, 0.717) is 18.0 Å². The molecule has 0 spiro atoms. The molecule has 1 aromatic carbocycles. The predicted octanol–water partition coefficient (Wildman–Crippen LogP) is 2.07. The Labute approximate surface area is 117 Å². The van der Waals surface area contributed by atoms with Gasteiger partial charge in [0.05, 0.1) is 5.69 Å². The van der Waals surface area contributed by atoms with Crippen LogP contribution in [0, 0.1) is 5.41 Å². The summed E-state index contributed by atoms with van der Waals surface area (Å²) in [5.41, 5.74) is 0.684. The van der Waals surface area contributed by atoms with Crippen LogP contribution in [0.3, 0.4) is 0 Å². The van der Waals surface area contributed by atoms with E-state index in [2.05, 4.69) is 17.6 Å². The number of benzene rings is 1. The number of ether oxygens (including phenoxy) is 1. The van der Waals surface area contributed by atoms with E-state index in [-0.39, 0.29) is 11.4 Å². The third-order valence-electron chi connectivity index (χ3n) is 3.27. The number of hydrogen-bond donors (Lipinski definition) is 3. The zero-order chi connectivity index (χ0) is 14.6. The highest BCUT2D eigenvalue weighted by molar-refractivity contribution is 5.91. The normalized spacial score (nSPS) is 15.2. The van der Waals surface area contributed by atoms with E-state index >= 15 is 0 Å². The molecule has 1 aliphatic carbocycles. The zero-order valence-corrected chi connectivity index (χ0v) is 11.3. The Kier molecular flexibility index (Phi) is 4.12. The maximum Gasteiger partial charge on any atom is 0.341 e.